The molecule has 132 valence electrons. The lowest BCUT2D eigenvalue weighted by Crippen LogP contribution is -2.51. The molecule has 2 amide bonds. The number of anilines is 1. The molecule has 0 spiro atoms. The molecule has 0 aliphatic carbocycles. The van der Waals surface area contributed by atoms with Crippen LogP contribution < -0.4 is 10.2 Å². The highest BCUT2D eigenvalue weighted by Gasteiger charge is 2.26. The number of benzene rings is 1. The number of aromatic nitrogens is 2. The number of carbonyl (C=O) groups excluding carboxylic acids is 1. The molecular formula is C18H22ClN5O. The molecule has 0 bridgehead atoms. The monoisotopic (exact) mass is 359 g/mol. The van der Waals surface area contributed by atoms with Crippen LogP contribution in [0.15, 0.2) is 42.6 Å². The van der Waals surface area contributed by atoms with Gasteiger partial charge in [-0.2, -0.15) is 5.10 Å². The summed E-state index contributed by atoms with van der Waals surface area (Å²) in [4.78, 5) is 16.4. The summed E-state index contributed by atoms with van der Waals surface area (Å²) >= 11 is 5.98. The van der Waals surface area contributed by atoms with Gasteiger partial charge in [0.05, 0.1) is 6.04 Å². The Labute approximate surface area is 152 Å². The van der Waals surface area contributed by atoms with Crippen LogP contribution in [-0.4, -0.2) is 47.3 Å². The predicted octanol–water partition coefficient (Wildman–Crippen LogP) is 2.94. The van der Waals surface area contributed by atoms with E-state index in [1.807, 2.05) is 43.4 Å². The zero-order valence-corrected chi connectivity index (χ0v) is 15.0. The normalized spacial score (nSPS) is 17.2. The Morgan fingerprint density at radius 3 is 3.04 bits per heavy atom. The summed E-state index contributed by atoms with van der Waals surface area (Å²) in [5.41, 5.74) is 0.985. The Balaban J connectivity index is 1.56. The van der Waals surface area contributed by atoms with Crippen LogP contribution in [0.2, 0.25) is 5.02 Å². The molecule has 1 aromatic heterocycles. The molecule has 1 unspecified atom stereocenters. The summed E-state index contributed by atoms with van der Waals surface area (Å²) in [6, 6.07) is 11.4. The number of nitrogens with one attached hydrogen (secondary N) is 1. The molecule has 6 nitrogen and oxygen atoms in total. The van der Waals surface area contributed by atoms with E-state index >= 15 is 0 Å². The highest BCUT2D eigenvalue weighted by molar-refractivity contribution is 6.30. The molecule has 1 N–H and O–H groups in total. The maximum atomic E-state index is 12.5. The standard InChI is InChI=1S/C18H22ClN5O/c1-23(18(25)20-12-14-5-2-6-15(19)11-14)16-7-4-10-24(13-16)17-8-3-9-21-22-17/h2-3,5-6,8-9,11,16H,4,7,10,12-13H2,1H3,(H,20,25). The number of hydrogen-bond acceptors (Lipinski definition) is 4. The lowest BCUT2D eigenvalue weighted by molar-refractivity contribution is 0.182. The van der Waals surface area contributed by atoms with Crippen molar-refractivity contribution >= 4 is 23.4 Å². The van der Waals surface area contributed by atoms with E-state index in [1.54, 1.807) is 11.1 Å². The maximum absolute atomic E-state index is 12.5. The van der Waals surface area contributed by atoms with Gasteiger partial charge in [0.2, 0.25) is 0 Å². The van der Waals surface area contributed by atoms with Gasteiger partial charge in [-0.15, -0.1) is 5.10 Å². The third kappa shape index (κ3) is 4.60. The van der Waals surface area contributed by atoms with E-state index < -0.39 is 0 Å². The summed E-state index contributed by atoms with van der Waals surface area (Å²) in [5.74, 6) is 0.861. The summed E-state index contributed by atoms with van der Waals surface area (Å²) in [5, 5.41) is 11.7. The number of carbonyl (C=O) groups is 1. The number of nitrogens with zero attached hydrogens (tertiary/aromatic N) is 4. The van der Waals surface area contributed by atoms with Crippen molar-refractivity contribution < 1.29 is 4.79 Å². The largest absolute Gasteiger partial charge is 0.353 e. The van der Waals surface area contributed by atoms with Gasteiger partial charge < -0.3 is 15.1 Å². The number of urea groups is 1. The van der Waals surface area contributed by atoms with Crippen LogP contribution in [-0.2, 0) is 6.54 Å². The first kappa shape index (κ1) is 17.5. The molecule has 1 atom stereocenters. The molecule has 25 heavy (non-hydrogen) atoms. The Morgan fingerprint density at radius 1 is 1.40 bits per heavy atom. The van der Waals surface area contributed by atoms with Crippen molar-refractivity contribution in [3.05, 3.63) is 53.2 Å². The first-order chi connectivity index (χ1) is 12.1. The van der Waals surface area contributed by atoms with E-state index in [2.05, 4.69) is 20.4 Å². The molecule has 0 radical (unpaired) electrons. The molecule has 1 fully saturated rings. The SMILES string of the molecule is CN(C(=O)NCc1cccc(Cl)c1)C1CCCN(c2cccnn2)C1. The second-order valence-electron chi connectivity index (χ2n) is 6.22. The third-order valence-corrected chi connectivity index (χ3v) is 4.71. The summed E-state index contributed by atoms with van der Waals surface area (Å²) in [6.07, 6.45) is 3.67. The Hall–Kier alpha value is -2.34. The second kappa shape index (κ2) is 8.16. The lowest BCUT2D eigenvalue weighted by atomic mass is 10.0. The van der Waals surface area contributed by atoms with Crippen molar-refractivity contribution in [3.63, 3.8) is 0 Å². The zero-order chi connectivity index (χ0) is 17.6. The predicted molar refractivity (Wildman–Crippen MR) is 98.7 cm³/mol. The molecule has 7 heteroatoms. The first-order valence-corrected chi connectivity index (χ1v) is 8.79. The Bertz CT molecular complexity index is 712. The van der Waals surface area contributed by atoms with Gasteiger partial charge in [0.25, 0.3) is 0 Å². The van der Waals surface area contributed by atoms with E-state index in [1.165, 1.54) is 0 Å². The van der Waals surface area contributed by atoms with Gasteiger partial charge in [-0.1, -0.05) is 23.7 Å². The number of hydrogen-bond donors (Lipinski definition) is 1. The Kier molecular flexibility index (Phi) is 5.71. The van der Waals surface area contributed by atoms with E-state index in [0.717, 1.165) is 37.3 Å². The minimum atomic E-state index is -0.0778. The highest BCUT2D eigenvalue weighted by atomic mass is 35.5. The van der Waals surface area contributed by atoms with Crippen LogP contribution in [0, 0.1) is 0 Å². The number of likely N-dealkylation sites (N-methyl/N-ethyl adjacent to an activating group) is 1. The molecule has 0 saturated carbocycles. The fourth-order valence-corrected chi connectivity index (χ4v) is 3.27. The summed E-state index contributed by atoms with van der Waals surface area (Å²) < 4.78 is 0. The van der Waals surface area contributed by atoms with Gasteiger partial charge >= 0.3 is 6.03 Å². The summed E-state index contributed by atoms with van der Waals surface area (Å²) in [7, 11) is 1.85. The van der Waals surface area contributed by atoms with Gasteiger partial charge in [-0.3, -0.25) is 0 Å². The third-order valence-electron chi connectivity index (χ3n) is 4.48. The molecule has 2 heterocycles. The second-order valence-corrected chi connectivity index (χ2v) is 6.66. The maximum Gasteiger partial charge on any atom is 0.317 e. The van der Waals surface area contributed by atoms with Gasteiger partial charge in [-0.05, 0) is 42.7 Å². The number of amides is 2. The molecule has 2 aromatic rings. The quantitative estimate of drug-likeness (QED) is 0.911. The van der Waals surface area contributed by atoms with Crippen LogP contribution in [0.4, 0.5) is 10.6 Å². The van der Waals surface area contributed by atoms with Crippen molar-refractivity contribution in [2.75, 3.05) is 25.0 Å². The number of halogens is 1. The molecular weight excluding hydrogens is 338 g/mol. The van der Waals surface area contributed by atoms with Crippen LogP contribution in [0.3, 0.4) is 0 Å². The lowest BCUT2D eigenvalue weighted by Gasteiger charge is -2.37. The van der Waals surface area contributed by atoms with E-state index in [9.17, 15) is 4.79 Å². The van der Waals surface area contributed by atoms with Crippen molar-refractivity contribution in [2.24, 2.45) is 0 Å². The van der Waals surface area contributed by atoms with Gasteiger partial charge in [0.1, 0.15) is 0 Å². The molecule has 3 rings (SSSR count). The topological polar surface area (TPSA) is 61.4 Å². The van der Waals surface area contributed by atoms with Crippen LogP contribution in [0.5, 0.6) is 0 Å². The van der Waals surface area contributed by atoms with Gasteiger partial charge in [0.15, 0.2) is 5.82 Å². The summed E-state index contributed by atoms with van der Waals surface area (Å²) in [6.45, 7) is 2.16. The average molecular weight is 360 g/mol. The minimum absolute atomic E-state index is 0.0778. The molecule has 1 saturated heterocycles. The van der Waals surface area contributed by atoms with Crippen molar-refractivity contribution in [3.8, 4) is 0 Å². The van der Waals surface area contributed by atoms with Gasteiger partial charge in [0, 0.05) is 37.9 Å². The van der Waals surface area contributed by atoms with E-state index in [4.69, 9.17) is 11.6 Å². The Morgan fingerprint density at radius 2 is 2.28 bits per heavy atom. The van der Waals surface area contributed by atoms with Crippen LogP contribution in [0.1, 0.15) is 18.4 Å². The van der Waals surface area contributed by atoms with Crippen molar-refractivity contribution in [1.82, 2.24) is 20.4 Å². The zero-order valence-electron chi connectivity index (χ0n) is 14.2. The number of rotatable bonds is 4. The average Bonchev–Trinajstić information content (AvgIpc) is 2.66. The number of piperidine rings is 1. The molecule has 1 aliphatic heterocycles. The minimum Gasteiger partial charge on any atom is -0.353 e. The van der Waals surface area contributed by atoms with Crippen LogP contribution >= 0.6 is 11.6 Å². The van der Waals surface area contributed by atoms with Gasteiger partial charge in [-0.25, -0.2) is 4.79 Å². The fourth-order valence-electron chi connectivity index (χ4n) is 3.06. The van der Waals surface area contributed by atoms with Crippen molar-refractivity contribution in [2.45, 2.75) is 25.4 Å². The smallest absolute Gasteiger partial charge is 0.317 e. The van der Waals surface area contributed by atoms with Crippen molar-refractivity contribution in [1.29, 1.82) is 0 Å². The van der Waals surface area contributed by atoms with E-state index in [-0.39, 0.29) is 12.1 Å². The fraction of sp³-hybridized carbons (Fsp3) is 0.389. The van der Waals surface area contributed by atoms with E-state index in [0.29, 0.717) is 11.6 Å². The molecule has 1 aliphatic rings. The highest BCUT2D eigenvalue weighted by Crippen LogP contribution is 2.19. The molecule has 1 aromatic carbocycles. The van der Waals surface area contributed by atoms with Crippen LogP contribution in [0.25, 0.3) is 0 Å². The first-order valence-electron chi connectivity index (χ1n) is 8.41.